The third-order valence-corrected chi connectivity index (χ3v) is 1.47. The minimum atomic E-state index is -0.824. The van der Waals surface area contributed by atoms with Crippen LogP contribution in [0.4, 0.5) is 5.69 Å². The Balaban J connectivity index is 3.31. The molecule has 6 heteroatoms. The molecule has 0 aliphatic carbocycles. The number of nitro groups is 1. The number of nitrogens with one attached hydrogen (secondary N) is 1. The van der Waals surface area contributed by atoms with Gasteiger partial charge in [-0.2, -0.15) is 0 Å². The Bertz CT molecular complexity index is 342. The van der Waals surface area contributed by atoms with Crippen LogP contribution in [0.3, 0.4) is 0 Å². The average molecular weight is 169 g/mol. The van der Waals surface area contributed by atoms with E-state index in [4.69, 9.17) is 5.73 Å². The number of carbonyl (C=O) groups is 1. The van der Waals surface area contributed by atoms with Crippen LogP contribution in [0.1, 0.15) is 16.1 Å². The summed E-state index contributed by atoms with van der Waals surface area (Å²) in [4.78, 5) is 22.8. The molecule has 0 saturated carbocycles. The monoisotopic (exact) mass is 169 g/mol. The molecule has 64 valence electrons. The number of aromatic nitrogens is 1. The molecule has 3 N–H and O–H groups in total. The number of H-pyrrole nitrogens is 1. The molecule has 1 rings (SSSR count). The first kappa shape index (κ1) is 8.25. The van der Waals surface area contributed by atoms with Crippen LogP contribution in [0.2, 0.25) is 0 Å². The van der Waals surface area contributed by atoms with Gasteiger partial charge < -0.3 is 10.7 Å². The number of hydrogen-bond donors (Lipinski definition) is 2. The van der Waals surface area contributed by atoms with Crippen molar-refractivity contribution in [3.05, 3.63) is 27.6 Å². The van der Waals surface area contributed by atoms with Gasteiger partial charge in [-0.05, 0) is 6.92 Å². The van der Waals surface area contributed by atoms with Gasteiger partial charge in [0.05, 0.1) is 4.92 Å². The summed E-state index contributed by atoms with van der Waals surface area (Å²) in [6.45, 7) is 1.53. The molecule has 0 spiro atoms. The maximum absolute atomic E-state index is 10.6. The number of nitrogens with two attached hydrogens (primary N) is 1. The van der Waals surface area contributed by atoms with Crippen molar-refractivity contribution in [2.45, 2.75) is 6.92 Å². The summed E-state index contributed by atoms with van der Waals surface area (Å²) in [6.07, 6.45) is 1.37. The van der Waals surface area contributed by atoms with Crippen LogP contribution in [0, 0.1) is 17.0 Å². The van der Waals surface area contributed by atoms with Crippen molar-refractivity contribution in [3.63, 3.8) is 0 Å². The first-order chi connectivity index (χ1) is 5.54. The van der Waals surface area contributed by atoms with Crippen molar-refractivity contribution < 1.29 is 9.72 Å². The van der Waals surface area contributed by atoms with Crippen LogP contribution in [-0.4, -0.2) is 15.8 Å². The number of aromatic amines is 1. The summed E-state index contributed by atoms with van der Waals surface area (Å²) in [7, 11) is 0. The van der Waals surface area contributed by atoms with E-state index in [1.807, 2.05) is 0 Å². The Morgan fingerprint density at radius 1 is 1.75 bits per heavy atom. The quantitative estimate of drug-likeness (QED) is 0.492. The van der Waals surface area contributed by atoms with Gasteiger partial charge in [0, 0.05) is 11.8 Å². The summed E-state index contributed by atoms with van der Waals surface area (Å²) >= 11 is 0. The molecule has 1 aromatic rings. The van der Waals surface area contributed by atoms with Gasteiger partial charge in [-0.3, -0.25) is 14.9 Å². The Labute approximate surface area is 67.5 Å². The summed E-state index contributed by atoms with van der Waals surface area (Å²) < 4.78 is 0. The molecule has 0 radical (unpaired) electrons. The molecule has 0 bridgehead atoms. The van der Waals surface area contributed by atoms with E-state index in [1.165, 1.54) is 13.1 Å². The average Bonchev–Trinajstić information content (AvgIpc) is 2.30. The largest absolute Gasteiger partial charge is 0.364 e. The molecule has 0 aliphatic heterocycles. The smallest absolute Gasteiger partial charge is 0.302 e. The molecule has 0 unspecified atom stereocenters. The number of amides is 1. The highest BCUT2D eigenvalue weighted by molar-refractivity contribution is 5.95. The second kappa shape index (κ2) is 2.65. The van der Waals surface area contributed by atoms with Crippen molar-refractivity contribution >= 4 is 11.6 Å². The van der Waals surface area contributed by atoms with E-state index in [9.17, 15) is 14.9 Å². The molecule has 1 heterocycles. The fourth-order valence-electron chi connectivity index (χ4n) is 0.937. The van der Waals surface area contributed by atoms with Crippen molar-refractivity contribution in [2.24, 2.45) is 5.73 Å². The van der Waals surface area contributed by atoms with Gasteiger partial charge in [-0.25, -0.2) is 0 Å². The van der Waals surface area contributed by atoms with Gasteiger partial charge in [0.15, 0.2) is 5.69 Å². The van der Waals surface area contributed by atoms with E-state index in [0.29, 0.717) is 5.56 Å². The number of hydrogen-bond acceptors (Lipinski definition) is 3. The Morgan fingerprint density at radius 2 is 2.33 bits per heavy atom. The first-order valence-corrected chi connectivity index (χ1v) is 3.16. The van der Waals surface area contributed by atoms with E-state index >= 15 is 0 Å². The van der Waals surface area contributed by atoms with Crippen LogP contribution in [0.5, 0.6) is 0 Å². The van der Waals surface area contributed by atoms with Gasteiger partial charge in [0.25, 0.3) is 5.91 Å². The minimum Gasteiger partial charge on any atom is -0.364 e. The molecular weight excluding hydrogens is 162 g/mol. The Hall–Kier alpha value is -1.85. The predicted molar refractivity (Wildman–Crippen MR) is 40.7 cm³/mol. The number of rotatable bonds is 2. The Kier molecular flexibility index (Phi) is 1.82. The molecular formula is C6H7N3O3. The van der Waals surface area contributed by atoms with Crippen molar-refractivity contribution in [3.8, 4) is 0 Å². The third kappa shape index (κ3) is 1.14. The lowest BCUT2D eigenvalue weighted by molar-refractivity contribution is -0.385. The first-order valence-electron chi connectivity index (χ1n) is 3.16. The summed E-state index contributed by atoms with van der Waals surface area (Å²) in [5, 5.41) is 10.4. The second-order valence-electron chi connectivity index (χ2n) is 2.32. The minimum absolute atomic E-state index is 0.155. The van der Waals surface area contributed by atoms with E-state index < -0.39 is 10.8 Å². The highest BCUT2D eigenvalue weighted by atomic mass is 16.6. The van der Waals surface area contributed by atoms with E-state index in [0.717, 1.165) is 0 Å². The summed E-state index contributed by atoms with van der Waals surface area (Å²) in [6, 6.07) is 0. The lowest BCUT2D eigenvalue weighted by Crippen LogP contribution is -2.13. The molecule has 0 fully saturated rings. The molecule has 0 saturated heterocycles. The highest BCUT2D eigenvalue weighted by Crippen LogP contribution is 2.21. The van der Waals surface area contributed by atoms with E-state index in [2.05, 4.69) is 4.98 Å². The topological polar surface area (TPSA) is 102 Å². The van der Waals surface area contributed by atoms with Crippen LogP contribution in [0.25, 0.3) is 0 Å². The fraction of sp³-hybridized carbons (Fsp3) is 0.167. The predicted octanol–water partition coefficient (Wildman–Crippen LogP) is 0.330. The number of primary amides is 1. The van der Waals surface area contributed by atoms with Crippen LogP contribution < -0.4 is 5.73 Å². The molecule has 0 aliphatic rings. The maximum Gasteiger partial charge on any atom is 0.302 e. The summed E-state index contributed by atoms with van der Waals surface area (Å²) in [5.41, 5.74) is 4.89. The molecule has 12 heavy (non-hydrogen) atoms. The van der Waals surface area contributed by atoms with Crippen molar-refractivity contribution in [2.75, 3.05) is 0 Å². The lowest BCUT2D eigenvalue weighted by atomic mass is 10.3. The second-order valence-corrected chi connectivity index (χ2v) is 2.32. The normalized spacial score (nSPS) is 9.75. The molecule has 1 amide bonds. The number of nitrogens with zero attached hydrogens (tertiary/aromatic N) is 1. The molecule has 1 aromatic heterocycles. The van der Waals surface area contributed by atoms with E-state index in [1.54, 1.807) is 0 Å². The van der Waals surface area contributed by atoms with Gasteiger partial charge in [0.2, 0.25) is 0 Å². The van der Waals surface area contributed by atoms with Gasteiger partial charge in [-0.15, -0.1) is 0 Å². The molecule has 0 aromatic carbocycles. The maximum atomic E-state index is 10.6. The SMILES string of the molecule is Cc1c[nH]c(C(N)=O)c1[N+](=O)[O-]. The molecule has 6 nitrogen and oxygen atoms in total. The van der Waals surface area contributed by atoms with Crippen LogP contribution in [0.15, 0.2) is 6.20 Å². The van der Waals surface area contributed by atoms with Gasteiger partial charge in [0.1, 0.15) is 0 Å². The zero-order chi connectivity index (χ0) is 9.30. The molecule has 0 atom stereocenters. The third-order valence-electron chi connectivity index (χ3n) is 1.47. The highest BCUT2D eigenvalue weighted by Gasteiger charge is 2.22. The van der Waals surface area contributed by atoms with Crippen LogP contribution >= 0.6 is 0 Å². The van der Waals surface area contributed by atoms with Gasteiger partial charge >= 0.3 is 5.69 Å². The zero-order valence-corrected chi connectivity index (χ0v) is 6.33. The standard InChI is InChI=1S/C6H7N3O3/c1-3-2-8-4(6(7)10)5(3)9(11)12/h2,8H,1H3,(H2,7,10). The number of carbonyl (C=O) groups excluding carboxylic acids is 1. The van der Waals surface area contributed by atoms with Crippen LogP contribution in [-0.2, 0) is 0 Å². The lowest BCUT2D eigenvalue weighted by Gasteiger charge is -1.90. The zero-order valence-electron chi connectivity index (χ0n) is 6.33. The van der Waals surface area contributed by atoms with Crippen molar-refractivity contribution in [1.29, 1.82) is 0 Å². The van der Waals surface area contributed by atoms with Gasteiger partial charge in [-0.1, -0.05) is 0 Å². The summed E-state index contributed by atoms with van der Waals surface area (Å²) in [5.74, 6) is -0.824. The Morgan fingerprint density at radius 3 is 2.67 bits per heavy atom. The van der Waals surface area contributed by atoms with E-state index in [-0.39, 0.29) is 11.4 Å². The number of aryl methyl sites for hydroxylation is 1. The van der Waals surface area contributed by atoms with Crippen molar-refractivity contribution in [1.82, 2.24) is 4.98 Å². The fourth-order valence-corrected chi connectivity index (χ4v) is 0.937.